The Hall–Kier alpha value is -0.200. The average molecular weight is 260 g/mol. The molecule has 0 aromatic carbocycles. The van der Waals surface area contributed by atoms with Crippen LogP contribution in [0.5, 0.6) is 0 Å². The van der Waals surface area contributed by atoms with E-state index in [4.69, 9.17) is 14.2 Å². The molecule has 0 spiro atoms. The van der Waals surface area contributed by atoms with Crippen LogP contribution in [-0.4, -0.2) is 77.3 Å². The lowest BCUT2D eigenvalue weighted by Gasteiger charge is -2.24. The molecule has 5 heteroatoms. The summed E-state index contributed by atoms with van der Waals surface area (Å²) >= 11 is 0. The van der Waals surface area contributed by atoms with Crippen LogP contribution in [0.25, 0.3) is 0 Å². The van der Waals surface area contributed by atoms with Gasteiger partial charge in [-0.3, -0.25) is 4.90 Å². The molecule has 1 heterocycles. The van der Waals surface area contributed by atoms with Crippen LogP contribution in [0, 0.1) is 0 Å². The van der Waals surface area contributed by atoms with Crippen LogP contribution >= 0.6 is 0 Å². The minimum absolute atomic E-state index is 0.185. The minimum Gasteiger partial charge on any atom is -0.383 e. The summed E-state index contributed by atoms with van der Waals surface area (Å²) in [6.45, 7) is 6.79. The van der Waals surface area contributed by atoms with Crippen molar-refractivity contribution in [2.45, 2.75) is 31.6 Å². The van der Waals surface area contributed by atoms with E-state index >= 15 is 0 Å². The zero-order valence-electron chi connectivity index (χ0n) is 12.1. The molecule has 3 unspecified atom stereocenters. The first-order chi connectivity index (χ1) is 8.74. The highest BCUT2D eigenvalue weighted by atomic mass is 16.5. The molecule has 0 aliphatic carbocycles. The minimum atomic E-state index is 0.185. The molecule has 0 saturated carbocycles. The average Bonchev–Trinajstić information content (AvgIpc) is 2.78. The summed E-state index contributed by atoms with van der Waals surface area (Å²) in [6, 6.07) is 0.378. The van der Waals surface area contributed by atoms with Crippen LogP contribution in [0.15, 0.2) is 0 Å². The molecule has 1 aliphatic heterocycles. The quantitative estimate of drug-likeness (QED) is 0.648. The van der Waals surface area contributed by atoms with Gasteiger partial charge < -0.3 is 19.5 Å². The van der Waals surface area contributed by atoms with Crippen molar-refractivity contribution in [1.29, 1.82) is 0 Å². The third-order valence-electron chi connectivity index (χ3n) is 3.43. The number of likely N-dealkylation sites (tertiary alicyclic amines) is 1. The highest BCUT2D eigenvalue weighted by Crippen LogP contribution is 2.15. The standard InChI is InChI=1S/C13H28N2O3/c1-5-6-14-11(10-16-2)7-15-8-12(17-3)13(9-15)18-4/h11-14H,5-10H2,1-4H3. The maximum Gasteiger partial charge on any atom is 0.0971 e. The van der Waals surface area contributed by atoms with E-state index in [0.29, 0.717) is 6.04 Å². The van der Waals surface area contributed by atoms with Crippen LogP contribution in [0.4, 0.5) is 0 Å². The van der Waals surface area contributed by atoms with Crippen molar-refractivity contribution in [2.75, 3.05) is 54.1 Å². The monoisotopic (exact) mass is 260 g/mol. The molecule has 1 aliphatic rings. The van der Waals surface area contributed by atoms with Gasteiger partial charge in [0.2, 0.25) is 0 Å². The van der Waals surface area contributed by atoms with E-state index in [1.807, 2.05) is 0 Å². The van der Waals surface area contributed by atoms with Crippen LogP contribution in [0.3, 0.4) is 0 Å². The van der Waals surface area contributed by atoms with Gasteiger partial charge in [-0.1, -0.05) is 6.92 Å². The number of methoxy groups -OCH3 is 3. The lowest BCUT2D eigenvalue weighted by atomic mass is 10.2. The summed E-state index contributed by atoms with van der Waals surface area (Å²) < 4.78 is 16.2. The summed E-state index contributed by atoms with van der Waals surface area (Å²) in [5.41, 5.74) is 0. The summed E-state index contributed by atoms with van der Waals surface area (Å²) in [5.74, 6) is 0. The molecular formula is C13H28N2O3. The van der Waals surface area contributed by atoms with E-state index < -0.39 is 0 Å². The molecule has 0 radical (unpaired) electrons. The summed E-state index contributed by atoms with van der Waals surface area (Å²) in [5, 5.41) is 3.51. The Labute approximate surface area is 111 Å². The van der Waals surface area contributed by atoms with Gasteiger partial charge >= 0.3 is 0 Å². The van der Waals surface area contributed by atoms with E-state index in [1.165, 1.54) is 0 Å². The van der Waals surface area contributed by atoms with Gasteiger partial charge in [-0.15, -0.1) is 0 Å². The molecule has 108 valence electrons. The Bertz CT molecular complexity index is 204. The number of hydrogen-bond donors (Lipinski definition) is 1. The molecule has 1 rings (SSSR count). The first-order valence-corrected chi connectivity index (χ1v) is 6.75. The maximum absolute atomic E-state index is 5.45. The molecule has 0 amide bonds. The maximum atomic E-state index is 5.45. The second-order valence-electron chi connectivity index (χ2n) is 4.87. The van der Waals surface area contributed by atoms with Gasteiger partial charge in [-0.25, -0.2) is 0 Å². The second kappa shape index (κ2) is 8.82. The second-order valence-corrected chi connectivity index (χ2v) is 4.87. The Kier molecular flexibility index (Phi) is 7.77. The normalized spacial score (nSPS) is 26.7. The first kappa shape index (κ1) is 15.9. The molecule has 0 bridgehead atoms. The largest absolute Gasteiger partial charge is 0.383 e. The Morgan fingerprint density at radius 2 is 1.78 bits per heavy atom. The Balaban J connectivity index is 2.39. The van der Waals surface area contributed by atoms with Gasteiger partial charge in [0, 0.05) is 47.0 Å². The number of nitrogens with one attached hydrogen (secondary N) is 1. The van der Waals surface area contributed by atoms with Crippen LogP contribution in [0.1, 0.15) is 13.3 Å². The van der Waals surface area contributed by atoms with Gasteiger partial charge in [-0.05, 0) is 13.0 Å². The molecule has 1 fully saturated rings. The van der Waals surface area contributed by atoms with Crippen molar-refractivity contribution in [3.63, 3.8) is 0 Å². The number of rotatable bonds is 9. The number of ether oxygens (including phenoxy) is 3. The number of nitrogens with zero attached hydrogens (tertiary/aromatic N) is 1. The van der Waals surface area contributed by atoms with Crippen molar-refractivity contribution in [1.82, 2.24) is 10.2 Å². The summed E-state index contributed by atoms with van der Waals surface area (Å²) in [4.78, 5) is 2.38. The molecular weight excluding hydrogens is 232 g/mol. The predicted molar refractivity (Wildman–Crippen MR) is 72.0 cm³/mol. The van der Waals surface area contributed by atoms with E-state index in [1.54, 1.807) is 21.3 Å². The van der Waals surface area contributed by atoms with Crippen LogP contribution in [-0.2, 0) is 14.2 Å². The van der Waals surface area contributed by atoms with Crippen molar-refractivity contribution < 1.29 is 14.2 Å². The predicted octanol–water partition coefficient (Wildman–Crippen LogP) is 0.347. The molecule has 18 heavy (non-hydrogen) atoms. The molecule has 0 aromatic rings. The van der Waals surface area contributed by atoms with Crippen molar-refractivity contribution in [2.24, 2.45) is 0 Å². The molecule has 1 saturated heterocycles. The van der Waals surface area contributed by atoms with Crippen LogP contribution in [0.2, 0.25) is 0 Å². The third kappa shape index (κ3) is 4.82. The third-order valence-corrected chi connectivity index (χ3v) is 3.43. The highest BCUT2D eigenvalue weighted by molar-refractivity contribution is 4.87. The van der Waals surface area contributed by atoms with E-state index in [-0.39, 0.29) is 12.2 Å². The Morgan fingerprint density at radius 3 is 2.22 bits per heavy atom. The fraction of sp³-hybridized carbons (Fsp3) is 1.00. The van der Waals surface area contributed by atoms with Gasteiger partial charge in [-0.2, -0.15) is 0 Å². The lowest BCUT2D eigenvalue weighted by Crippen LogP contribution is -2.43. The van der Waals surface area contributed by atoms with Gasteiger partial charge in [0.05, 0.1) is 18.8 Å². The molecule has 1 N–H and O–H groups in total. The first-order valence-electron chi connectivity index (χ1n) is 6.75. The molecule has 5 nitrogen and oxygen atoms in total. The molecule has 3 atom stereocenters. The van der Waals surface area contributed by atoms with Gasteiger partial charge in [0.15, 0.2) is 0 Å². The SMILES string of the molecule is CCCNC(COC)CN1CC(OC)C(OC)C1. The molecule has 0 aromatic heterocycles. The van der Waals surface area contributed by atoms with Gasteiger partial charge in [0.1, 0.15) is 0 Å². The van der Waals surface area contributed by atoms with Gasteiger partial charge in [0.25, 0.3) is 0 Å². The number of hydrogen-bond acceptors (Lipinski definition) is 5. The summed E-state index contributed by atoms with van der Waals surface area (Å²) in [7, 11) is 5.25. The van der Waals surface area contributed by atoms with E-state index in [0.717, 1.165) is 39.2 Å². The zero-order chi connectivity index (χ0) is 13.4. The fourth-order valence-electron chi connectivity index (χ4n) is 2.46. The van der Waals surface area contributed by atoms with Crippen molar-refractivity contribution >= 4 is 0 Å². The zero-order valence-corrected chi connectivity index (χ0v) is 12.1. The Morgan fingerprint density at radius 1 is 1.17 bits per heavy atom. The van der Waals surface area contributed by atoms with E-state index in [2.05, 4.69) is 17.1 Å². The van der Waals surface area contributed by atoms with Crippen LogP contribution < -0.4 is 5.32 Å². The smallest absolute Gasteiger partial charge is 0.0971 e. The van der Waals surface area contributed by atoms with Crippen molar-refractivity contribution in [3.05, 3.63) is 0 Å². The fourth-order valence-corrected chi connectivity index (χ4v) is 2.46. The highest BCUT2D eigenvalue weighted by Gasteiger charge is 2.33. The lowest BCUT2D eigenvalue weighted by molar-refractivity contribution is -0.00461. The summed E-state index contributed by atoms with van der Waals surface area (Å²) in [6.07, 6.45) is 1.51. The van der Waals surface area contributed by atoms with E-state index in [9.17, 15) is 0 Å². The topological polar surface area (TPSA) is 43.0 Å². The van der Waals surface area contributed by atoms with Crippen molar-refractivity contribution in [3.8, 4) is 0 Å².